The number of alkyl halides is 6. The van der Waals surface area contributed by atoms with Crippen LogP contribution in [0.2, 0.25) is 0 Å². The van der Waals surface area contributed by atoms with E-state index in [1.165, 1.54) is 30.3 Å². The van der Waals surface area contributed by atoms with Crippen molar-refractivity contribution in [2.75, 3.05) is 6.61 Å². The van der Waals surface area contributed by atoms with Crippen molar-refractivity contribution in [2.24, 2.45) is 0 Å². The van der Waals surface area contributed by atoms with Crippen LogP contribution in [-0.4, -0.2) is 30.9 Å². The van der Waals surface area contributed by atoms with Crippen molar-refractivity contribution in [3.63, 3.8) is 0 Å². The molecular weight excluding hydrogens is 482 g/mol. The Morgan fingerprint density at radius 2 is 1.14 bits per heavy atom. The highest BCUT2D eigenvalue weighted by atomic mass is 19.4. The Bertz CT molecular complexity index is 1470. The fourth-order valence-corrected chi connectivity index (χ4v) is 3.59. The average molecular weight is 496 g/mol. The lowest BCUT2D eigenvalue weighted by Crippen LogP contribution is -2.29. The van der Waals surface area contributed by atoms with Gasteiger partial charge >= 0.3 is 24.3 Å². The highest BCUT2D eigenvalue weighted by Crippen LogP contribution is 2.46. The van der Waals surface area contributed by atoms with E-state index in [2.05, 4.69) is 0 Å². The van der Waals surface area contributed by atoms with E-state index in [9.17, 15) is 35.9 Å². The van der Waals surface area contributed by atoms with E-state index < -0.39 is 35.8 Å². The largest absolute Gasteiger partial charge is 0.494 e. The van der Waals surface area contributed by atoms with Gasteiger partial charge in [0.1, 0.15) is 17.2 Å². The van der Waals surface area contributed by atoms with E-state index in [0.29, 0.717) is 10.8 Å². The number of halogens is 6. The summed E-state index contributed by atoms with van der Waals surface area (Å²) < 4.78 is 93.2. The van der Waals surface area contributed by atoms with E-state index in [4.69, 9.17) is 14.2 Å². The van der Waals surface area contributed by atoms with Crippen LogP contribution in [0.4, 0.5) is 26.3 Å². The molecule has 0 amide bonds. The lowest BCUT2D eigenvalue weighted by molar-refractivity contribution is -0.189. The maximum atomic E-state index is 13.1. The molecule has 0 N–H and O–H groups in total. The number of hydrogen-bond donors (Lipinski definition) is 0. The van der Waals surface area contributed by atoms with Crippen molar-refractivity contribution < 1.29 is 50.1 Å². The molecule has 0 atom stereocenters. The van der Waals surface area contributed by atoms with E-state index in [1.807, 2.05) is 0 Å². The number of ether oxygens (including phenoxy) is 3. The Morgan fingerprint density at radius 3 is 1.60 bits per heavy atom. The molecule has 4 aromatic rings. The molecule has 0 saturated heterocycles. The predicted molar refractivity (Wildman–Crippen MR) is 114 cm³/mol. The van der Waals surface area contributed by atoms with Gasteiger partial charge in [-0.1, -0.05) is 24.3 Å². The summed E-state index contributed by atoms with van der Waals surface area (Å²) in [5.41, 5.74) is 0. The molecule has 0 spiro atoms. The van der Waals surface area contributed by atoms with Gasteiger partial charge in [0, 0.05) is 21.5 Å². The van der Waals surface area contributed by atoms with Crippen LogP contribution in [0.1, 0.15) is 6.92 Å². The van der Waals surface area contributed by atoms with Crippen molar-refractivity contribution in [3.05, 3.63) is 54.6 Å². The van der Waals surface area contributed by atoms with Crippen molar-refractivity contribution in [3.8, 4) is 17.2 Å². The summed E-state index contributed by atoms with van der Waals surface area (Å²) in [5.74, 6) is -6.05. The van der Waals surface area contributed by atoms with Crippen LogP contribution in [0.15, 0.2) is 54.6 Å². The van der Waals surface area contributed by atoms with Gasteiger partial charge in [-0.05, 0) is 48.0 Å². The minimum atomic E-state index is -5.35. The smallest absolute Gasteiger partial charge is 0.491 e. The zero-order valence-electron chi connectivity index (χ0n) is 17.7. The molecule has 0 unspecified atom stereocenters. The zero-order valence-corrected chi connectivity index (χ0v) is 17.7. The fourth-order valence-electron chi connectivity index (χ4n) is 3.59. The van der Waals surface area contributed by atoms with Gasteiger partial charge in [-0.25, -0.2) is 9.59 Å². The molecule has 35 heavy (non-hydrogen) atoms. The molecule has 4 rings (SSSR count). The van der Waals surface area contributed by atoms with Gasteiger partial charge in [-0.2, -0.15) is 26.3 Å². The first-order valence-electron chi connectivity index (χ1n) is 10.0. The second-order valence-corrected chi connectivity index (χ2v) is 7.32. The summed E-state index contributed by atoms with van der Waals surface area (Å²) >= 11 is 0. The summed E-state index contributed by atoms with van der Waals surface area (Å²) in [6, 6.07) is 12.9. The summed E-state index contributed by atoms with van der Waals surface area (Å²) in [4.78, 5) is 23.5. The lowest BCUT2D eigenvalue weighted by Gasteiger charge is -2.18. The van der Waals surface area contributed by atoms with Gasteiger partial charge in [0.05, 0.1) is 6.61 Å². The second kappa shape index (κ2) is 8.64. The maximum absolute atomic E-state index is 13.1. The molecule has 0 radical (unpaired) electrons. The zero-order chi connectivity index (χ0) is 25.5. The molecule has 0 aliphatic rings. The highest BCUT2D eigenvalue weighted by molar-refractivity contribution is 6.16. The summed E-state index contributed by atoms with van der Waals surface area (Å²) in [6.45, 7) is 1.80. The Labute approximate surface area is 192 Å². The minimum Gasteiger partial charge on any atom is -0.494 e. The molecule has 182 valence electrons. The van der Waals surface area contributed by atoms with Crippen LogP contribution in [0, 0.1) is 0 Å². The van der Waals surface area contributed by atoms with E-state index in [-0.39, 0.29) is 33.9 Å². The van der Waals surface area contributed by atoms with Gasteiger partial charge in [-0.3, -0.25) is 0 Å². The fraction of sp³-hybridized carbons (Fsp3) is 0.167. The van der Waals surface area contributed by atoms with Crippen molar-refractivity contribution in [2.45, 2.75) is 19.3 Å². The quantitative estimate of drug-likeness (QED) is 0.140. The van der Waals surface area contributed by atoms with Gasteiger partial charge in [0.25, 0.3) is 0 Å². The molecule has 11 heteroatoms. The Hall–Kier alpha value is -4.02. The molecule has 0 bridgehead atoms. The van der Waals surface area contributed by atoms with E-state index in [0.717, 1.165) is 0 Å². The number of fused-ring (bicyclic) bond motifs is 3. The normalized spacial score (nSPS) is 12.2. The van der Waals surface area contributed by atoms with Crippen molar-refractivity contribution in [1.29, 1.82) is 0 Å². The highest BCUT2D eigenvalue weighted by Gasteiger charge is 2.43. The molecule has 0 aliphatic heterocycles. The Kier molecular flexibility index (Phi) is 5.95. The third-order valence-electron chi connectivity index (χ3n) is 5.02. The lowest BCUT2D eigenvalue weighted by atomic mass is 9.97. The SMILES string of the molecule is CCOc1ccc2c(OC(=O)C(F)(F)F)c3cc4ccccc4cc3c(OC(=O)C(F)(F)F)c2c1. The average Bonchev–Trinajstić information content (AvgIpc) is 2.78. The first kappa shape index (κ1) is 24.1. The molecule has 5 nitrogen and oxygen atoms in total. The second-order valence-electron chi connectivity index (χ2n) is 7.32. The maximum Gasteiger partial charge on any atom is 0.491 e. The van der Waals surface area contributed by atoms with Gasteiger partial charge < -0.3 is 14.2 Å². The monoisotopic (exact) mass is 496 g/mol. The summed E-state index contributed by atoms with van der Waals surface area (Å²) in [5, 5.41) is 0.218. The van der Waals surface area contributed by atoms with Gasteiger partial charge in [-0.15, -0.1) is 0 Å². The van der Waals surface area contributed by atoms with Crippen LogP contribution in [0.3, 0.4) is 0 Å². The minimum absolute atomic E-state index is 0.137. The van der Waals surface area contributed by atoms with Crippen LogP contribution in [-0.2, 0) is 9.59 Å². The number of rotatable bonds is 4. The molecule has 4 aromatic carbocycles. The topological polar surface area (TPSA) is 61.8 Å². The third-order valence-corrected chi connectivity index (χ3v) is 5.02. The molecule has 0 saturated carbocycles. The Balaban J connectivity index is 2.13. The number of benzene rings is 4. The number of hydrogen-bond acceptors (Lipinski definition) is 5. The standard InChI is InChI=1S/C24H14F6O5/c1-2-33-14-7-8-15-18(11-14)20(35-22(32)24(28,29)30)17-10-13-6-4-3-5-12(13)9-16(17)19(15)34-21(31)23(25,26)27/h3-11H,2H2,1H3. The predicted octanol–water partition coefficient (Wildman–Crippen LogP) is 6.48. The van der Waals surface area contributed by atoms with Crippen LogP contribution in [0.25, 0.3) is 32.3 Å². The van der Waals surface area contributed by atoms with Crippen molar-refractivity contribution >= 4 is 44.3 Å². The summed E-state index contributed by atoms with van der Waals surface area (Å²) in [7, 11) is 0. The van der Waals surface area contributed by atoms with Gasteiger partial charge in [0.15, 0.2) is 0 Å². The number of carbonyl (C=O) groups excluding carboxylic acids is 2. The molecule has 0 fully saturated rings. The van der Waals surface area contributed by atoms with Crippen molar-refractivity contribution in [1.82, 2.24) is 0 Å². The van der Waals surface area contributed by atoms with Gasteiger partial charge in [0.2, 0.25) is 0 Å². The number of esters is 2. The number of carbonyl (C=O) groups is 2. The van der Waals surface area contributed by atoms with E-state index in [1.54, 1.807) is 31.2 Å². The molecular formula is C24H14F6O5. The van der Waals surface area contributed by atoms with Crippen LogP contribution >= 0.6 is 0 Å². The molecule has 0 aromatic heterocycles. The first-order valence-corrected chi connectivity index (χ1v) is 10.0. The summed E-state index contributed by atoms with van der Waals surface area (Å²) in [6.07, 6.45) is -10.7. The van der Waals surface area contributed by atoms with Crippen LogP contribution < -0.4 is 14.2 Å². The first-order chi connectivity index (χ1) is 16.4. The Morgan fingerprint density at radius 1 is 0.686 bits per heavy atom. The van der Waals surface area contributed by atoms with Crippen LogP contribution in [0.5, 0.6) is 17.2 Å². The molecule has 0 heterocycles. The third kappa shape index (κ3) is 4.66. The molecule has 0 aliphatic carbocycles. The van der Waals surface area contributed by atoms with E-state index >= 15 is 0 Å².